The van der Waals surface area contributed by atoms with Gasteiger partial charge in [-0.25, -0.2) is 9.67 Å². The van der Waals surface area contributed by atoms with E-state index < -0.39 is 0 Å². The predicted octanol–water partition coefficient (Wildman–Crippen LogP) is 5.06. The molecule has 0 fully saturated rings. The van der Waals surface area contributed by atoms with Gasteiger partial charge in [0.05, 0.1) is 11.8 Å². The fourth-order valence-corrected chi connectivity index (χ4v) is 4.21. The third kappa shape index (κ3) is 3.64. The Bertz CT molecular complexity index is 1380. The van der Waals surface area contributed by atoms with E-state index in [1.807, 2.05) is 47.3 Å². The van der Waals surface area contributed by atoms with Crippen LogP contribution in [0.25, 0.3) is 21.9 Å². The van der Waals surface area contributed by atoms with Gasteiger partial charge in [-0.05, 0) is 37.1 Å². The van der Waals surface area contributed by atoms with Gasteiger partial charge >= 0.3 is 0 Å². The number of hydrogen-bond acceptors (Lipinski definition) is 3. The minimum Gasteiger partial charge on any atom is -0.361 e. The molecule has 6 heteroatoms. The average molecular weight is 424 g/mol. The van der Waals surface area contributed by atoms with Crippen molar-refractivity contribution in [3.05, 3.63) is 95.9 Å². The third-order valence-corrected chi connectivity index (χ3v) is 5.85. The van der Waals surface area contributed by atoms with Crippen molar-refractivity contribution >= 4 is 27.8 Å². The van der Waals surface area contributed by atoms with Crippen molar-refractivity contribution in [3.8, 4) is 0 Å². The van der Waals surface area contributed by atoms with E-state index in [4.69, 9.17) is 0 Å². The van der Waals surface area contributed by atoms with Gasteiger partial charge in [-0.1, -0.05) is 48.5 Å². The van der Waals surface area contributed by atoms with Crippen LogP contribution in [0.3, 0.4) is 0 Å². The van der Waals surface area contributed by atoms with E-state index >= 15 is 0 Å². The van der Waals surface area contributed by atoms with Crippen molar-refractivity contribution in [2.24, 2.45) is 0 Å². The number of aromatic amines is 1. The van der Waals surface area contributed by atoms with Crippen LogP contribution in [0.1, 0.15) is 47.3 Å². The van der Waals surface area contributed by atoms with Crippen molar-refractivity contribution in [1.82, 2.24) is 25.1 Å². The number of nitrogens with one attached hydrogen (secondary N) is 2. The Morgan fingerprint density at radius 1 is 1.06 bits per heavy atom. The highest BCUT2D eigenvalue weighted by Crippen LogP contribution is 2.30. The van der Waals surface area contributed by atoms with Crippen molar-refractivity contribution in [2.75, 3.05) is 6.54 Å². The summed E-state index contributed by atoms with van der Waals surface area (Å²) in [5.41, 5.74) is 4.74. The standard InChI is InChI=1S/C26H25N5O/c1-17(2)31-25-19(14-30-31)12-20(13-28-25)26(32)29-15-22(18-8-4-3-5-9-18)23-16-27-24-11-7-6-10-21(23)24/h3-14,16-17,22,27H,15H2,1-2H3,(H,29,32). The first-order chi connectivity index (χ1) is 15.6. The minimum atomic E-state index is -0.141. The van der Waals surface area contributed by atoms with Crippen LogP contribution in [-0.4, -0.2) is 32.2 Å². The van der Waals surface area contributed by atoms with Crippen LogP contribution < -0.4 is 5.32 Å². The number of rotatable bonds is 6. The van der Waals surface area contributed by atoms with Gasteiger partial charge in [0, 0.05) is 47.2 Å². The number of fused-ring (bicyclic) bond motifs is 2. The van der Waals surface area contributed by atoms with Gasteiger partial charge in [-0.3, -0.25) is 4.79 Å². The zero-order valence-corrected chi connectivity index (χ0v) is 18.1. The molecule has 32 heavy (non-hydrogen) atoms. The lowest BCUT2D eigenvalue weighted by atomic mass is 9.91. The van der Waals surface area contributed by atoms with Crippen LogP contribution >= 0.6 is 0 Å². The second kappa shape index (κ2) is 8.30. The first-order valence-corrected chi connectivity index (χ1v) is 10.8. The zero-order valence-electron chi connectivity index (χ0n) is 18.1. The molecule has 2 aromatic carbocycles. The van der Waals surface area contributed by atoms with E-state index in [0.717, 1.165) is 22.1 Å². The SMILES string of the molecule is CC(C)n1ncc2cc(C(=O)NCC(c3ccccc3)c3c[nH]c4ccccc34)cnc21. The van der Waals surface area contributed by atoms with E-state index in [-0.39, 0.29) is 17.9 Å². The number of H-pyrrole nitrogens is 1. The van der Waals surface area contributed by atoms with Gasteiger partial charge in [0.25, 0.3) is 5.91 Å². The zero-order chi connectivity index (χ0) is 22.1. The molecule has 5 rings (SSSR count). The number of pyridine rings is 1. The molecule has 0 aliphatic carbocycles. The molecule has 5 aromatic rings. The minimum absolute atomic E-state index is 0.0247. The molecule has 1 unspecified atom stereocenters. The van der Waals surface area contributed by atoms with Crippen LogP contribution in [0.4, 0.5) is 0 Å². The van der Waals surface area contributed by atoms with Crippen molar-refractivity contribution < 1.29 is 4.79 Å². The number of amides is 1. The Kier molecular flexibility index (Phi) is 5.19. The van der Waals surface area contributed by atoms with E-state index in [9.17, 15) is 4.79 Å². The van der Waals surface area contributed by atoms with Crippen LogP contribution in [0.5, 0.6) is 0 Å². The third-order valence-electron chi connectivity index (χ3n) is 5.85. The Labute approximate surface area is 186 Å². The topological polar surface area (TPSA) is 75.6 Å². The highest BCUT2D eigenvalue weighted by atomic mass is 16.1. The van der Waals surface area contributed by atoms with Crippen molar-refractivity contribution in [2.45, 2.75) is 25.8 Å². The van der Waals surface area contributed by atoms with Crippen LogP contribution in [-0.2, 0) is 0 Å². The van der Waals surface area contributed by atoms with Gasteiger partial charge in [-0.15, -0.1) is 0 Å². The van der Waals surface area contributed by atoms with Crippen LogP contribution in [0, 0.1) is 0 Å². The second-order valence-electron chi connectivity index (χ2n) is 8.28. The number of para-hydroxylation sites is 1. The summed E-state index contributed by atoms with van der Waals surface area (Å²) in [5, 5.41) is 9.55. The van der Waals surface area contributed by atoms with Crippen LogP contribution in [0.2, 0.25) is 0 Å². The molecule has 0 spiro atoms. The van der Waals surface area contributed by atoms with Crippen molar-refractivity contribution in [1.29, 1.82) is 0 Å². The summed E-state index contributed by atoms with van der Waals surface area (Å²) in [4.78, 5) is 20.9. The molecule has 1 amide bonds. The summed E-state index contributed by atoms with van der Waals surface area (Å²) < 4.78 is 1.86. The number of aromatic nitrogens is 4. The van der Waals surface area contributed by atoms with Gasteiger partial charge in [-0.2, -0.15) is 5.10 Å². The Balaban J connectivity index is 1.42. The Morgan fingerprint density at radius 2 is 1.84 bits per heavy atom. The van der Waals surface area contributed by atoms with Gasteiger partial charge in [0.1, 0.15) is 0 Å². The van der Waals surface area contributed by atoms with E-state index in [2.05, 4.69) is 58.5 Å². The maximum Gasteiger partial charge on any atom is 0.252 e. The number of nitrogens with zero attached hydrogens (tertiary/aromatic N) is 3. The largest absolute Gasteiger partial charge is 0.361 e. The van der Waals surface area contributed by atoms with Gasteiger partial charge in [0.2, 0.25) is 0 Å². The summed E-state index contributed by atoms with van der Waals surface area (Å²) in [7, 11) is 0. The lowest BCUT2D eigenvalue weighted by Gasteiger charge is -2.18. The van der Waals surface area contributed by atoms with Gasteiger partial charge in [0.15, 0.2) is 5.65 Å². The molecule has 6 nitrogen and oxygen atoms in total. The fraction of sp³-hybridized carbons (Fsp3) is 0.192. The summed E-state index contributed by atoms with van der Waals surface area (Å²) in [6.07, 6.45) is 5.43. The lowest BCUT2D eigenvalue weighted by molar-refractivity contribution is 0.0952. The monoisotopic (exact) mass is 423 g/mol. The maximum atomic E-state index is 13.0. The predicted molar refractivity (Wildman–Crippen MR) is 127 cm³/mol. The molecule has 3 aromatic heterocycles. The lowest BCUT2D eigenvalue weighted by Crippen LogP contribution is -2.29. The van der Waals surface area contributed by atoms with E-state index in [1.165, 1.54) is 10.9 Å². The first kappa shape index (κ1) is 20.0. The Morgan fingerprint density at radius 3 is 2.66 bits per heavy atom. The first-order valence-electron chi connectivity index (χ1n) is 10.8. The summed E-state index contributed by atoms with van der Waals surface area (Å²) in [5.74, 6) is -0.117. The highest BCUT2D eigenvalue weighted by Gasteiger charge is 2.20. The molecule has 2 N–H and O–H groups in total. The molecule has 0 saturated carbocycles. The normalized spacial score (nSPS) is 12.5. The second-order valence-corrected chi connectivity index (χ2v) is 8.28. The van der Waals surface area contributed by atoms with Gasteiger partial charge < -0.3 is 10.3 Å². The average Bonchev–Trinajstić information content (AvgIpc) is 3.44. The molecule has 0 aliphatic rings. The summed E-state index contributed by atoms with van der Waals surface area (Å²) in [6.45, 7) is 4.60. The fourth-order valence-electron chi connectivity index (χ4n) is 4.21. The number of benzene rings is 2. The van der Waals surface area contributed by atoms with E-state index in [1.54, 1.807) is 12.4 Å². The quantitative estimate of drug-likeness (QED) is 0.401. The molecule has 3 heterocycles. The molecule has 0 bridgehead atoms. The summed E-state index contributed by atoms with van der Waals surface area (Å²) in [6, 6.07) is 20.6. The van der Waals surface area contributed by atoms with Crippen LogP contribution in [0.15, 0.2) is 79.3 Å². The molecular weight excluding hydrogens is 398 g/mol. The van der Waals surface area contributed by atoms with E-state index in [0.29, 0.717) is 12.1 Å². The number of hydrogen-bond donors (Lipinski definition) is 2. The molecule has 0 radical (unpaired) electrons. The molecule has 0 saturated heterocycles. The molecular formula is C26H25N5O. The number of carbonyl (C=O) groups excluding carboxylic acids is 1. The Hall–Kier alpha value is -3.93. The molecule has 160 valence electrons. The number of carbonyl (C=O) groups is 1. The summed E-state index contributed by atoms with van der Waals surface area (Å²) >= 11 is 0. The molecule has 0 aliphatic heterocycles. The van der Waals surface area contributed by atoms with Crippen molar-refractivity contribution in [3.63, 3.8) is 0 Å². The smallest absolute Gasteiger partial charge is 0.252 e. The molecule has 1 atom stereocenters. The highest BCUT2D eigenvalue weighted by molar-refractivity contribution is 5.97. The maximum absolute atomic E-state index is 13.0.